The third kappa shape index (κ3) is 3.54. The van der Waals surface area contributed by atoms with Crippen LogP contribution in [0.15, 0.2) is 17.1 Å². The Morgan fingerprint density at radius 1 is 1.34 bits per heavy atom. The van der Waals surface area contributed by atoms with Crippen LogP contribution in [0.1, 0.15) is 36.2 Å². The van der Waals surface area contributed by atoms with Crippen LogP contribution in [0, 0.1) is 11.7 Å². The van der Waals surface area contributed by atoms with E-state index in [-0.39, 0.29) is 48.4 Å². The number of halogens is 2. The van der Waals surface area contributed by atoms with Gasteiger partial charge < -0.3 is 19.9 Å². The molecule has 2 aliphatic rings. The van der Waals surface area contributed by atoms with Crippen LogP contribution in [-0.4, -0.2) is 52.3 Å². The Bertz CT molecular complexity index is 1070. The summed E-state index contributed by atoms with van der Waals surface area (Å²) in [4.78, 5) is 40.7. The summed E-state index contributed by atoms with van der Waals surface area (Å²) < 4.78 is 30.8. The highest BCUT2D eigenvalue weighted by molar-refractivity contribution is 5.92. The molecule has 0 unspecified atom stereocenters. The standard InChI is InChI=1S/C19H20F2N4O4/c1-9(26)22-5-10-6-24(8-15(10)21)18-14(20)4-12-16(27)13(19(28)29)7-25(11-2-3-11)17(12)23-18/h4,7,10-11,15H,2-3,5-6,8H2,1H3,(H,22,26)(H,28,29)/t10-,15-/m1/s1. The number of nitrogens with zero attached hydrogens (tertiary/aromatic N) is 3. The van der Waals surface area contributed by atoms with Gasteiger partial charge in [-0.1, -0.05) is 0 Å². The molecule has 1 aliphatic heterocycles. The van der Waals surface area contributed by atoms with Crippen molar-refractivity contribution in [1.29, 1.82) is 0 Å². The predicted octanol–water partition coefficient (Wildman–Crippen LogP) is 1.48. The number of carbonyl (C=O) groups is 2. The number of nitrogens with one attached hydrogen (secondary N) is 1. The van der Waals surface area contributed by atoms with Gasteiger partial charge in [0.15, 0.2) is 11.6 Å². The van der Waals surface area contributed by atoms with Crippen molar-refractivity contribution in [2.75, 3.05) is 24.5 Å². The third-order valence-electron chi connectivity index (χ3n) is 5.38. The van der Waals surface area contributed by atoms with E-state index in [1.807, 2.05) is 0 Å². The summed E-state index contributed by atoms with van der Waals surface area (Å²) in [6.45, 7) is 1.56. The van der Waals surface area contributed by atoms with Crippen LogP contribution >= 0.6 is 0 Å². The van der Waals surface area contributed by atoms with Crippen LogP contribution in [0.3, 0.4) is 0 Å². The first-order chi connectivity index (χ1) is 13.8. The van der Waals surface area contributed by atoms with Crippen molar-refractivity contribution >= 4 is 28.7 Å². The molecule has 1 amide bonds. The van der Waals surface area contributed by atoms with E-state index in [0.29, 0.717) is 0 Å². The molecule has 1 saturated carbocycles. The van der Waals surface area contributed by atoms with E-state index >= 15 is 0 Å². The third-order valence-corrected chi connectivity index (χ3v) is 5.38. The van der Waals surface area contributed by atoms with Gasteiger partial charge in [-0.15, -0.1) is 0 Å². The summed E-state index contributed by atoms with van der Waals surface area (Å²) in [7, 11) is 0. The van der Waals surface area contributed by atoms with Crippen LogP contribution in [0.25, 0.3) is 11.0 Å². The van der Waals surface area contributed by atoms with E-state index in [1.165, 1.54) is 18.0 Å². The quantitative estimate of drug-likeness (QED) is 0.780. The van der Waals surface area contributed by atoms with Crippen molar-refractivity contribution in [1.82, 2.24) is 14.9 Å². The summed E-state index contributed by atoms with van der Waals surface area (Å²) in [6, 6.07) is 0.988. The molecule has 154 valence electrons. The second-order valence-electron chi connectivity index (χ2n) is 7.60. The summed E-state index contributed by atoms with van der Waals surface area (Å²) in [5, 5.41) is 11.8. The topological polar surface area (TPSA) is 105 Å². The first kappa shape index (κ1) is 19.3. The van der Waals surface area contributed by atoms with E-state index in [4.69, 9.17) is 0 Å². The molecule has 8 nitrogen and oxygen atoms in total. The highest BCUT2D eigenvalue weighted by Crippen LogP contribution is 2.37. The Balaban J connectivity index is 1.75. The molecular formula is C19H20F2N4O4. The van der Waals surface area contributed by atoms with E-state index in [0.717, 1.165) is 18.9 Å². The molecule has 3 heterocycles. The van der Waals surface area contributed by atoms with Crippen molar-refractivity contribution in [2.24, 2.45) is 5.92 Å². The number of rotatable bonds is 5. The average Bonchev–Trinajstić information content (AvgIpc) is 3.43. The molecule has 29 heavy (non-hydrogen) atoms. The fourth-order valence-corrected chi connectivity index (χ4v) is 3.71. The number of carboxylic acids is 1. The van der Waals surface area contributed by atoms with E-state index < -0.39 is 34.9 Å². The molecule has 1 aliphatic carbocycles. The Morgan fingerprint density at radius 2 is 2.07 bits per heavy atom. The number of hydrogen-bond acceptors (Lipinski definition) is 5. The molecule has 0 radical (unpaired) electrons. The Hall–Kier alpha value is -3.04. The Morgan fingerprint density at radius 3 is 2.69 bits per heavy atom. The summed E-state index contributed by atoms with van der Waals surface area (Å²) in [5.41, 5.74) is -1.03. The van der Waals surface area contributed by atoms with Crippen molar-refractivity contribution in [3.8, 4) is 0 Å². The zero-order valence-electron chi connectivity index (χ0n) is 15.7. The number of hydrogen-bond donors (Lipinski definition) is 2. The lowest BCUT2D eigenvalue weighted by Gasteiger charge is -2.19. The largest absolute Gasteiger partial charge is 0.477 e. The maximum atomic E-state index is 14.8. The van der Waals surface area contributed by atoms with Crippen LogP contribution in [0.5, 0.6) is 0 Å². The SMILES string of the molecule is CC(=O)NC[C@@H]1CN(c2nc3c(cc2F)c(=O)c(C(=O)O)cn3C2CC2)C[C@H]1F. The monoisotopic (exact) mass is 406 g/mol. The summed E-state index contributed by atoms with van der Waals surface area (Å²) >= 11 is 0. The van der Waals surface area contributed by atoms with Gasteiger partial charge in [-0.3, -0.25) is 9.59 Å². The number of aromatic carboxylic acids is 1. The molecule has 0 aromatic carbocycles. The number of anilines is 1. The minimum atomic E-state index is -1.38. The molecule has 4 rings (SSSR count). The van der Waals surface area contributed by atoms with Crippen LogP contribution < -0.4 is 15.6 Å². The second-order valence-corrected chi connectivity index (χ2v) is 7.60. The zero-order valence-corrected chi connectivity index (χ0v) is 15.7. The lowest BCUT2D eigenvalue weighted by Crippen LogP contribution is -2.31. The summed E-state index contributed by atoms with van der Waals surface area (Å²) in [5.74, 6) is -3.05. The minimum Gasteiger partial charge on any atom is -0.477 e. The number of pyridine rings is 2. The zero-order chi connectivity index (χ0) is 20.9. The first-order valence-electron chi connectivity index (χ1n) is 9.38. The van der Waals surface area contributed by atoms with Gasteiger partial charge in [0, 0.05) is 38.2 Å². The smallest absolute Gasteiger partial charge is 0.341 e. The Labute approximate surface area is 164 Å². The molecular weight excluding hydrogens is 386 g/mol. The van der Waals surface area contributed by atoms with Crippen molar-refractivity contribution < 1.29 is 23.5 Å². The lowest BCUT2D eigenvalue weighted by atomic mass is 10.1. The number of carbonyl (C=O) groups excluding carboxylic acids is 1. The fraction of sp³-hybridized carbons (Fsp3) is 0.474. The highest BCUT2D eigenvalue weighted by atomic mass is 19.1. The number of aromatic nitrogens is 2. The maximum Gasteiger partial charge on any atom is 0.341 e. The molecule has 10 heteroatoms. The molecule has 2 aromatic rings. The summed E-state index contributed by atoms with van der Waals surface area (Å²) in [6.07, 6.45) is 1.60. The first-order valence-corrected chi connectivity index (χ1v) is 9.38. The second kappa shape index (κ2) is 7.09. The Kier molecular flexibility index (Phi) is 4.71. The van der Waals surface area contributed by atoms with Crippen LogP contribution in [0.4, 0.5) is 14.6 Å². The van der Waals surface area contributed by atoms with Crippen LogP contribution in [0.2, 0.25) is 0 Å². The van der Waals surface area contributed by atoms with Crippen LogP contribution in [-0.2, 0) is 4.79 Å². The van der Waals surface area contributed by atoms with E-state index in [9.17, 15) is 28.3 Å². The number of carboxylic acid groups (broad SMARTS) is 1. The molecule has 0 bridgehead atoms. The van der Waals surface area contributed by atoms with Gasteiger partial charge in [-0.25, -0.2) is 18.6 Å². The van der Waals surface area contributed by atoms with E-state index in [2.05, 4.69) is 10.3 Å². The molecule has 0 spiro atoms. The van der Waals surface area contributed by atoms with Crippen molar-refractivity contribution in [3.05, 3.63) is 33.9 Å². The van der Waals surface area contributed by atoms with Gasteiger partial charge in [-0.05, 0) is 18.9 Å². The minimum absolute atomic E-state index is 0.00188. The normalized spacial score (nSPS) is 21.6. The van der Waals surface area contributed by atoms with Gasteiger partial charge in [0.25, 0.3) is 0 Å². The van der Waals surface area contributed by atoms with Crippen molar-refractivity contribution in [3.63, 3.8) is 0 Å². The predicted molar refractivity (Wildman–Crippen MR) is 100 cm³/mol. The van der Waals surface area contributed by atoms with E-state index in [1.54, 1.807) is 4.57 Å². The number of alkyl halides is 1. The van der Waals surface area contributed by atoms with Gasteiger partial charge in [-0.2, -0.15) is 0 Å². The highest BCUT2D eigenvalue weighted by Gasteiger charge is 2.35. The molecule has 2 fully saturated rings. The fourth-order valence-electron chi connectivity index (χ4n) is 3.71. The molecule has 2 N–H and O–H groups in total. The van der Waals surface area contributed by atoms with Gasteiger partial charge >= 0.3 is 5.97 Å². The van der Waals surface area contributed by atoms with Gasteiger partial charge in [0.1, 0.15) is 17.4 Å². The molecule has 1 saturated heterocycles. The maximum absolute atomic E-state index is 14.8. The van der Waals surface area contributed by atoms with Gasteiger partial charge in [0.05, 0.1) is 11.9 Å². The molecule has 2 atom stereocenters. The lowest BCUT2D eigenvalue weighted by molar-refractivity contribution is -0.119. The van der Waals surface area contributed by atoms with Crippen molar-refractivity contribution in [2.45, 2.75) is 32.0 Å². The average molecular weight is 406 g/mol. The number of amides is 1. The number of fused-ring (bicyclic) bond motifs is 1. The molecule has 2 aromatic heterocycles. The van der Waals surface area contributed by atoms with Gasteiger partial charge in [0.2, 0.25) is 11.3 Å².